The SMILES string of the molecule is CCOC1CCN(c2ccc([C@@H](C)O)cc2Cl)CC1. The molecule has 19 heavy (non-hydrogen) atoms. The van der Waals surface area contributed by atoms with Crippen LogP contribution in [0.5, 0.6) is 0 Å². The first-order valence-electron chi connectivity index (χ1n) is 6.96. The Bertz CT molecular complexity index is 415. The number of nitrogens with zero attached hydrogens (tertiary/aromatic N) is 1. The largest absolute Gasteiger partial charge is 0.389 e. The van der Waals surface area contributed by atoms with Crippen molar-refractivity contribution in [2.24, 2.45) is 0 Å². The summed E-state index contributed by atoms with van der Waals surface area (Å²) in [5.74, 6) is 0. The molecule has 1 aromatic carbocycles. The van der Waals surface area contributed by atoms with Gasteiger partial charge in [0.25, 0.3) is 0 Å². The van der Waals surface area contributed by atoms with Crippen LogP contribution in [0.15, 0.2) is 18.2 Å². The Kier molecular flexibility index (Phi) is 5.08. The number of ether oxygens (including phenoxy) is 1. The Morgan fingerprint density at radius 2 is 2.11 bits per heavy atom. The molecule has 0 saturated carbocycles. The molecule has 2 rings (SSSR count). The van der Waals surface area contributed by atoms with Crippen LogP contribution in [0.1, 0.15) is 38.4 Å². The number of hydrogen-bond donors (Lipinski definition) is 1. The Morgan fingerprint density at radius 3 is 2.63 bits per heavy atom. The Labute approximate surface area is 120 Å². The molecule has 0 spiro atoms. The Balaban J connectivity index is 2.03. The molecule has 1 atom stereocenters. The minimum atomic E-state index is -0.477. The van der Waals surface area contributed by atoms with Gasteiger partial charge in [-0.05, 0) is 44.4 Å². The lowest BCUT2D eigenvalue weighted by Gasteiger charge is -2.34. The average Bonchev–Trinajstić information content (AvgIpc) is 2.40. The first kappa shape index (κ1) is 14.6. The van der Waals surface area contributed by atoms with Crippen LogP contribution in [0.2, 0.25) is 5.02 Å². The molecule has 0 aliphatic carbocycles. The zero-order valence-corrected chi connectivity index (χ0v) is 12.4. The average molecular weight is 284 g/mol. The summed E-state index contributed by atoms with van der Waals surface area (Å²) in [7, 11) is 0. The zero-order chi connectivity index (χ0) is 13.8. The van der Waals surface area contributed by atoms with E-state index in [9.17, 15) is 5.11 Å². The number of aliphatic hydroxyl groups excluding tert-OH is 1. The first-order chi connectivity index (χ1) is 9.11. The van der Waals surface area contributed by atoms with Gasteiger partial charge in [-0.2, -0.15) is 0 Å². The molecule has 0 radical (unpaired) electrons. The highest BCUT2D eigenvalue weighted by Gasteiger charge is 2.21. The van der Waals surface area contributed by atoms with E-state index >= 15 is 0 Å². The summed E-state index contributed by atoms with van der Waals surface area (Å²) in [4.78, 5) is 2.30. The molecule has 1 aliphatic heterocycles. The van der Waals surface area contributed by atoms with Gasteiger partial charge in [0.1, 0.15) is 0 Å². The van der Waals surface area contributed by atoms with Crippen molar-refractivity contribution in [2.75, 3.05) is 24.6 Å². The van der Waals surface area contributed by atoms with Gasteiger partial charge in [-0.1, -0.05) is 17.7 Å². The second-order valence-electron chi connectivity index (χ2n) is 5.03. The maximum absolute atomic E-state index is 9.55. The smallest absolute Gasteiger partial charge is 0.0762 e. The van der Waals surface area contributed by atoms with Crippen LogP contribution >= 0.6 is 11.6 Å². The summed E-state index contributed by atoms with van der Waals surface area (Å²) < 4.78 is 5.66. The minimum Gasteiger partial charge on any atom is -0.389 e. The minimum absolute atomic E-state index is 0.386. The van der Waals surface area contributed by atoms with E-state index in [0.717, 1.165) is 43.8 Å². The van der Waals surface area contributed by atoms with Crippen molar-refractivity contribution in [1.29, 1.82) is 0 Å². The molecule has 1 N–H and O–H groups in total. The van der Waals surface area contributed by atoms with Crippen LogP contribution in [0.3, 0.4) is 0 Å². The van der Waals surface area contributed by atoms with Crippen molar-refractivity contribution >= 4 is 17.3 Å². The summed E-state index contributed by atoms with van der Waals surface area (Å²) in [6.45, 7) is 6.52. The second-order valence-corrected chi connectivity index (χ2v) is 5.44. The monoisotopic (exact) mass is 283 g/mol. The number of piperidine rings is 1. The number of hydrogen-bond acceptors (Lipinski definition) is 3. The van der Waals surface area contributed by atoms with Gasteiger partial charge in [0.15, 0.2) is 0 Å². The predicted molar refractivity (Wildman–Crippen MR) is 78.9 cm³/mol. The van der Waals surface area contributed by atoms with E-state index in [2.05, 4.69) is 4.90 Å². The number of aliphatic hydroxyl groups is 1. The summed E-state index contributed by atoms with van der Waals surface area (Å²) in [6.07, 6.45) is 2.00. The van der Waals surface area contributed by atoms with Gasteiger partial charge in [-0.15, -0.1) is 0 Å². The van der Waals surface area contributed by atoms with E-state index in [4.69, 9.17) is 16.3 Å². The zero-order valence-electron chi connectivity index (χ0n) is 11.6. The molecule has 0 aromatic heterocycles. The van der Waals surface area contributed by atoms with Crippen LogP contribution < -0.4 is 4.90 Å². The van der Waals surface area contributed by atoms with Crippen LogP contribution in [0.4, 0.5) is 5.69 Å². The molecule has 0 unspecified atom stereocenters. The van der Waals surface area contributed by atoms with Gasteiger partial charge in [-0.3, -0.25) is 0 Å². The molecule has 1 aliphatic rings. The molecule has 1 aromatic rings. The molecule has 1 fully saturated rings. The topological polar surface area (TPSA) is 32.7 Å². The highest BCUT2D eigenvalue weighted by atomic mass is 35.5. The van der Waals surface area contributed by atoms with E-state index in [1.165, 1.54) is 0 Å². The third-order valence-electron chi connectivity index (χ3n) is 3.64. The molecule has 1 saturated heterocycles. The molecular weight excluding hydrogens is 262 g/mol. The Morgan fingerprint density at radius 1 is 1.42 bits per heavy atom. The highest BCUT2D eigenvalue weighted by molar-refractivity contribution is 6.33. The maximum atomic E-state index is 9.55. The summed E-state index contributed by atoms with van der Waals surface area (Å²) in [5, 5.41) is 10.3. The van der Waals surface area contributed by atoms with E-state index in [-0.39, 0.29) is 0 Å². The molecule has 4 heteroatoms. The van der Waals surface area contributed by atoms with Gasteiger partial charge in [0, 0.05) is 19.7 Å². The summed E-state index contributed by atoms with van der Waals surface area (Å²) >= 11 is 6.32. The molecule has 0 amide bonds. The van der Waals surface area contributed by atoms with Crippen molar-refractivity contribution in [3.8, 4) is 0 Å². The molecular formula is C15H22ClNO2. The predicted octanol–water partition coefficient (Wildman–Crippen LogP) is 3.40. The molecule has 0 bridgehead atoms. The molecule has 1 heterocycles. The van der Waals surface area contributed by atoms with Crippen LogP contribution in [0, 0.1) is 0 Å². The maximum Gasteiger partial charge on any atom is 0.0762 e. The van der Waals surface area contributed by atoms with E-state index in [0.29, 0.717) is 11.1 Å². The van der Waals surface area contributed by atoms with Gasteiger partial charge < -0.3 is 14.7 Å². The third kappa shape index (κ3) is 3.62. The van der Waals surface area contributed by atoms with E-state index in [1.807, 2.05) is 25.1 Å². The highest BCUT2D eigenvalue weighted by Crippen LogP contribution is 2.31. The van der Waals surface area contributed by atoms with Gasteiger partial charge in [0.2, 0.25) is 0 Å². The standard InChI is InChI=1S/C15H22ClNO2/c1-3-19-13-6-8-17(9-7-13)15-5-4-12(11(2)18)10-14(15)16/h4-5,10-11,13,18H,3,6-9H2,1-2H3/t11-/m1/s1. The van der Waals surface area contributed by atoms with Crippen molar-refractivity contribution in [2.45, 2.75) is 38.9 Å². The van der Waals surface area contributed by atoms with Gasteiger partial charge in [-0.25, -0.2) is 0 Å². The lowest BCUT2D eigenvalue weighted by Crippen LogP contribution is -2.37. The van der Waals surface area contributed by atoms with E-state index in [1.54, 1.807) is 6.92 Å². The van der Waals surface area contributed by atoms with Crippen LogP contribution in [-0.2, 0) is 4.74 Å². The quantitative estimate of drug-likeness (QED) is 0.919. The normalized spacial score (nSPS) is 18.6. The fourth-order valence-electron chi connectivity index (χ4n) is 2.54. The number of anilines is 1. The lowest BCUT2D eigenvalue weighted by atomic mass is 10.1. The van der Waals surface area contributed by atoms with Crippen molar-refractivity contribution < 1.29 is 9.84 Å². The molecule has 3 nitrogen and oxygen atoms in total. The third-order valence-corrected chi connectivity index (χ3v) is 3.94. The van der Waals surface area contributed by atoms with Crippen LogP contribution in [-0.4, -0.2) is 30.9 Å². The second kappa shape index (κ2) is 6.60. The first-order valence-corrected chi connectivity index (χ1v) is 7.33. The van der Waals surface area contributed by atoms with Crippen molar-refractivity contribution in [3.63, 3.8) is 0 Å². The fourth-order valence-corrected chi connectivity index (χ4v) is 2.85. The lowest BCUT2D eigenvalue weighted by molar-refractivity contribution is 0.0459. The van der Waals surface area contributed by atoms with E-state index < -0.39 is 6.10 Å². The van der Waals surface area contributed by atoms with Gasteiger partial charge in [0.05, 0.1) is 22.9 Å². The fraction of sp³-hybridized carbons (Fsp3) is 0.600. The summed E-state index contributed by atoms with van der Waals surface area (Å²) in [6, 6.07) is 5.81. The number of benzene rings is 1. The number of halogens is 1. The summed E-state index contributed by atoms with van der Waals surface area (Å²) in [5.41, 5.74) is 1.92. The number of rotatable bonds is 4. The Hall–Kier alpha value is -0.770. The van der Waals surface area contributed by atoms with Crippen molar-refractivity contribution in [3.05, 3.63) is 28.8 Å². The van der Waals surface area contributed by atoms with Crippen LogP contribution in [0.25, 0.3) is 0 Å². The van der Waals surface area contributed by atoms with Gasteiger partial charge >= 0.3 is 0 Å². The van der Waals surface area contributed by atoms with Crippen molar-refractivity contribution in [1.82, 2.24) is 0 Å². The molecule has 106 valence electrons.